The zero-order valence-corrected chi connectivity index (χ0v) is 16.7. The highest BCUT2D eigenvalue weighted by Crippen LogP contribution is 2.44. The highest BCUT2D eigenvalue weighted by Gasteiger charge is 2.30. The number of amides is 1. The van der Waals surface area contributed by atoms with Crippen molar-refractivity contribution in [1.82, 2.24) is 5.32 Å². The van der Waals surface area contributed by atoms with Crippen LogP contribution in [0.1, 0.15) is 22.6 Å². The summed E-state index contributed by atoms with van der Waals surface area (Å²) in [5, 5.41) is 2.65. The summed E-state index contributed by atoms with van der Waals surface area (Å²) in [6, 6.07) is 25.0. The van der Waals surface area contributed by atoms with Gasteiger partial charge in [0.1, 0.15) is 12.6 Å². The SMILES string of the molecule is COC(=O)[C@H](Cc1ccccc1)NC(=O)OCC1c2ccccc2-c2ccccc21. The van der Waals surface area contributed by atoms with Crippen LogP contribution in [0.25, 0.3) is 11.1 Å². The van der Waals surface area contributed by atoms with Crippen molar-refractivity contribution in [3.8, 4) is 11.1 Å². The van der Waals surface area contributed by atoms with E-state index in [-0.39, 0.29) is 12.5 Å². The van der Waals surface area contributed by atoms with Gasteiger partial charge in [0, 0.05) is 12.3 Å². The third-order valence-corrected chi connectivity index (χ3v) is 5.40. The van der Waals surface area contributed by atoms with Crippen LogP contribution in [0.4, 0.5) is 4.79 Å². The summed E-state index contributed by atoms with van der Waals surface area (Å²) in [5.74, 6) is -0.541. The molecule has 1 atom stereocenters. The Hall–Kier alpha value is -3.60. The van der Waals surface area contributed by atoms with Gasteiger partial charge in [0.15, 0.2) is 0 Å². The fraction of sp³-hybridized carbons (Fsp3) is 0.200. The first kappa shape index (κ1) is 19.7. The van der Waals surface area contributed by atoms with Gasteiger partial charge in [0.25, 0.3) is 0 Å². The number of rotatable bonds is 6. The van der Waals surface area contributed by atoms with Crippen LogP contribution < -0.4 is 5.32 Å². The number of ether oxygens (including phenoxy) is 2. The van der Waals surface area contributed by atoms with E-state index in [0.717, 1.165) is 16.7 Å². The van der Waals surface area contributed by atoms with Crippen LogP contribution in [-0.2, 0) is 20.7 Å². The smallest absolute Gasteiger partial charge is 0.407 e. The number of fused-ring (bicyclic) bond motifs is 3. The lowest BCUT2D eigenvalue weighted by atomic mass is 9.98. The van der Waals surface area contributed by atoms with E-state index in [1.165, 1.54) is 18.2 Å². The molecular formula is C25H23NO4. The molecule has 3 aromatic rings. The van der Waals surface area contributed by atoms with Gasteiger partial charge < -0.3 is 14.8 Å². The Labute approximate surface area is 175 Å². The summed E-state index contributed by atoms with van der Waals surface area (Å²) in [6.07, 6.45) is -0.305. The summed E-state index contributed by atoms with van der Waals surface area (Å²) in [7, 11) is 1.31. The molecule has 0 saturated carbocycles. The van der Waals surface area contributed by atoms with Crippen molar-refractivity contribution in [2.75, 3.05) is 13.7 Å². The van der Waals surface area contributed by atoms with E-state index in [1.54, 1.807) is 0 Å². The number of alkyl carbamates (subject to hydrolysis) is 1. The molecule has 1 aliphatic rings. The van der Waals surface area contributed by atoms with Crippen molar-refractivity contribution < 1.29 is 19.1 Å². The second-order valence-corrected chi connectivity index (χ2v) is 7.24. The Morgan fingerprint density at radius 3 is 2.03 bits per heavy atom. The van der Waals surface area contributed by atoms with E-state index >= 15 is 0 Å². The Morgan fingerprint density at radius 1 is 0.867 bits per heavy atom. The molecule has 4 rings (SSSR count). The zero-order valence-electron chi connectivity index (χ0n) is 16.7. The fourth-order valence-corrected chi connectivity index (χ4v) is 3.97. The first-order chi connectivity index (χ1) is 14.7. The third kappa shape index (κ3) is 4.06. The number of nitrogens with one attached hydrogen (secondary N) is 1. The second kappa shape index (κ2) is 8.82. The summed E-state index contributed by atoms with van der Waals surface area (Å²) >= 11 is 0. The van der Waals surface area contributed by atoms with E-state index in [0.29, 0.717) is 6.42 Å². The summed E-state index contributed by atoms with van der Waals surface area (Å²) in [4.78, 5) is 24.7. The molecular weight excluding hydrogens is 378 g/mol. The van der Waals surface area contributed by atoms with Crippen LogP contribution in [0.3, 0.4) is 0 Å². The number of esters is 1. The number of benzene rings is 3. The summed E-state index contributed by atoms with van der Waals surface area (Å²) in [6.45, 7) is 0.194. The number of hydrogen-bond donors (Lipinski definition) is 1. The lowest BCUT2D eigenvalue weighted by Crippen LogP contribution is -2.43. The molecule has 0 saturated heterocycles. The number of carbonyl (C=O) groups excluding carboxylic acids is 2. The van der Waals surface area contributed by atoms with Crippen molar-refractivity contribution in [3.05, 3.63) is 95.6 Å². The van der Waals surface area contributed by atoms with Crippen LogP contribution in [0, 0.1) is 0 Å². The third-order valence-electron chi connectivity index (χ3n) is 5.40. The Balaban J connectivity index is 1.44. The molecule has 0 bridgehead atoms. The van der Waals surface area contributed by atoms with Gasteiger partial charge in [-0.25, -0.2) is 9.59 Å². The Morgan fingerprint density at radius 2 is 1.43 bits per heavy atom. The summed E-state index contributed by atoms with van der Waals surface area (Å²) in [5.41, 5.74) is 5.53. The molecule has 0 aromatic heterocycles. The monoisotopic (exact) mass is 401 g/mol. The van der Waals surface area contributed by atoms with Crippen LogP contribution in [0.15, 0.2) is 78.9 Å². The van der Waals surface area contributed by atoms with Crippen LogP contribution in [0.5, 0.6) is 0 Å². The molecule has 3 aromatic carbocycles. The van der Waals surface area contributed by atoms with Gasteiger partial charge in [0.2, 0.25) is 0 Å². The molecule has 0 unspecified atom stereocenters. The Kier molecular flexibility index (Phi) is 5.80. The largest absolute Gasteiger partial charge is 0.467 e. The average Bonchev–Trinajstić information content (AvgIpc) is 3.11. The number of methoxy groups -OCH3 is 1. The van der Waals surface area contributed by atoms with Crippen LogP contribution >= 0.6 is 0 Å². The van der Waals surface area contributed by atoms with E-state index < -0.39 is 18.1 Å². The molecule has 152 valence electrons. The fourth-order valence-electron chi connectivity index (χ4n) is 3.97. The molecule has 0 aliphatic heterocycles. The first-order valence-electron chi connectivity index (χ1n) is 9.90. The van der Waals surface area contributed by atoms with E-state index in [9.17, 15) is 9.59 Å². The predicted octanol–water partition coefficient (Wildman–Crippen LogP) is 4.31. The topological polar surface area (TPSA) is 64.6 Å². The molecule has 5 nitrogen and oxygen atoms in total. The second-order valence-electron chi connectivity index (χ2n) is 7.24. The van der Waals surface area contributed by atoms with Crippen molar-refractivity contribution in [2.45, 2.75) is 18.4 Å². The standard InChI is InChI=1S/C25H23NO4/c1-29-24(27)23(15-17-9-3-2-4-10-17)26-25(28)30-16-22-20-13-7-5-11-18(20)19-12-6-8-14-21(19)22/h2-14,22-23H,15-16H2,1H3,(H,26,28)/t23-/m0/s1. The van der Waals surface area contributed by atoms with E-state index in [1.807, 2.05) is 54.6 Å². The van der Waals surface area contributed by atoms with Gasteiger partial charge in [-0.1, -0.05) is 78.9 Å². The quantitative estimate of drug-likeness (QED) is 0.625. The minimum Gasteiger partial charge on any atom is -0.467 e. The van der Waals surface area contributed by atoms with E-state index in [2.05, 4.69) is 29.6 Å². The van der Waals surface area contributed by atoms with Crippen molar-refractivity contribution in [3.63, 3.8) is 0 Å². The molecule has 0 spiro atoms. The molecule has 0 radical (unpaired) electrons. The number of carbonyl (C=O) groups is 2. The molecule has 0 fully saturated rings. The Bertz CT molecular complexity index is 1000. The molecule has 1 N–H and O–H groups in total. The van der Waals surface area contributed by atoms with Crippen LogP contribution in [0.2, 0.25) is 0 Å². The number of hydrogen-bond acceptors (Lipinski definition) is 4. The molecule has 30 heavy (non-hydrogen) atoms. The van der Waals surface area contributed by atoms with Gasteiger partial charge in [-0.2, -0.15) is 0 Å². The van der Waals surface area contributed by atoms with Gasteiger partial charge >= 0.3 is 12.1 Å². The zero-order chi connectivity index (χ0) is 20.9. The summed E-state index contributed by atoms with van der Waals surface area (Å²) < 4.78 is 10.4. The van der Waals surface area contributed by atoms with Gasteiger partial charge in [-0.15, -0.1) is 0 Å². The van der Waals surface area contributed by atoms with Crippen molar-refractivity contribution >= 4 is 12.1 Å². The van der Waals surface area contributed by atoms with Crippen LogP contribution in [-0.4, -0.2) is 31.8 Å². The average molecular weight is 401 g/mol. The minimum absolute atomic E-state index is 0.0335. The maximum Gasteiger partial charge on any atom is 0.407 e. The van der Waals surface area contributed by atoms with Gasteiger partial charge in [-0.3, -0.25) is 0 Å². The molecule has 0 heterocycles. The van der Waals surface area contributed by atoms with Crippen molar-refractivity contribution in [1.29, 1.82) is 0 Å². The lowest BCUT2D eigenvalue weighted by molar-refractivity contribution is -0.142. The van der Waals surface area contributed by atoms with E-state index in [4.69, 9.17) is 9.47 Å². The van der Waals surface area contributed by atoms with Crippen molar-refractivity contribution in [2.24, 2.45) is 0 Å². The van der Waals surface area contributed by atoms with Gasteiger partial charge in [-0.05, 0) is 27.8 Å². The highest BCUT2D eigenvalue weighted by molar-refractivity contribution is 5.82. The highest BCUT2D eigenvalue weighted by atomic mass is 16.6. The maximum atomic E-state index is 12.5. The maximum absolute atomic E-state index is 12.5. The van der Waals surface area contributed by atoms with Gasteiger partial charge in [0.05, 0.1) is 7.11 Å². The lowest BCUT2D eigenvalue weighted by Gasteiger charge is -2.18. The normalized spacial score (nSPS) is 13.1. The predicted molar refractivity (Wildman–Crippen MR) is 114 cm³/mol. The molecule has 1 amide bonds. The first-order valence-corrected chi connectivity index (χ1v) is 9.90. The molecule has 1 aliphatic carbocycles. The molecule has 5 heteroatoms. The minimum atomic E-state index is -0.812.